The van der Waals surface area contributed by atoms with Crippen LogP contribution in [0.25, 0.3) is 11.0 Å². The first-order valence-electron chi connectivity index (χ1n) is 7.06. The molecule has 0 aliphatic carbocycles. The summed E-state index contributed by atoms with van der Waals surface area (Å²) in [4.78, 5) is 19.1. The topological polar surface area (TPSA) is 81.8 Å². The van der Waals surface area contributed by atoms with E-state index in [9.17, 15) is 13.6 Å². The first kappa shape index (κ1) is 14.7. The van der Waals surface area contributed by atoms with E-state index in [1.807, 2.05) is 0 Å². The molecular weight excluding hydrogens is 292 g/mol. The molecular formula is C14H17F2N5O. The molecule has 0 saturated carbocycles. The van der Waals surface area contributed by atoms with E-state index in [2.05, 4.69) is 25.9 Å². The molecule has 0 bridgehead atoms. The normalized spacial score (nSPS) is 20.8. The van der Waals surface area contributed by atoms with Gasteiger partial charge in [-0.3, -0.25) is 4.79 Å². The fourth-order valence-electron chi connectivity index (χ4n) is 2.66. The smallest absolute Gasteiger partial charge is 0.279 e. The molecule has 1 amide bonds. The molecule has 1 unspecified atom stereocenters. The molecule has 3 rings (SSSR count). The summed E-state index contributed by atoms with van der Waals surface area (Å²) in [5.41, 5.74) is 1.19. The van der Waals surface area contributed by atoms with Gasteiger partial charge in [-0.1, -0.05) is 0 Å². The van der Waals surface area contributed by atoms with Crippen LogP contribution in [0, 0.1) is 0 Å². The molecule has 1 fully saturated rings. The number of fused-ring (bicyclic) bond motifs is 1. The lowest BCUT2D eigenvalue weighted by Crippen LogP contribution is -2.53. The Kier molecular flexibility index (Phi) is 3.69. The summed E-state index contributed by atoms with van der Waals surface area (Å²) in [5, 5.41) is 8.69. The van der Waals surface area contributed by atoms with Crippen molar-refractivity contribution in [2.75, 3.05) is 25.5 Å². The number of hydrogen-bond acceptors (Lipinski definition) is 4. The number of rotatable bonds is 3. The number of nitrogens with zero attached hydrogens (tertiary/aromatic N) is 1. The highest BCUT2D eigenvalue weighted by Gasteiger charge is 2.42. The zero-order chi connectivity index (χ0) is 15.7. The van der Waals surface area contributed by atoms with Gasteiger partial charge in [0, 0.05) is 24.8 Å². The van der Waals surface area contributed by atoms with Crippen LogP contribution in [0.15, 0.2) is 18.5 Å². The Bertz CT molecular complexity index is 700. The lowest BCUT2D eigenvalue weighted by atomic mass is 10.0. The Balaban J connectivity index is 2.04. The Morgan fingerprint density at radius 3 is 3.05 bits per heavy atom. The van der Waals surface area contributed by atoms with Crippen molar-refractivity contribution in [3.8, 4) is 0 Å². The summed E-state index contributed by atoms with van der Waals surface area (Å²) in [6.07, 6.45) is 3.32. The molecule has 4 N–H and O–H groups in total. The number of aromatic amines is 1. The minimum absolute atomic E-state index is 0.254. The number of amides is 1. The molecule has 0 radical (unpaired) electrons. The highest BCUT2D eigenvalue weighted by Crippen LogP contribution is 2.31. The Morgan fingerprint density at radius 2 is 2.32 bits per heavy atom. The largest absolute Gasteiger partial charge is 0.375 e. The van der Waals surface area contributed by atoms with Gasteiger partial charge in [0.1, 0.15) is 5.65 Å². The summed E-state index contributed by atoms with van der Waals surface area (Å²) in [5.74, 6) is -3.25. The first-order chi connectivity index (χ1) is 10.5. The number of aromatic nitrogens is 2. The zero-order valence-corrected chi connectivity index (χ0v) is 12.0. The lowest BCUT2D eigenvalue weighted by Gasteiger charge is -2.33. The van der Waals surface area contributed by atoms with Gasteiger partial charge in [-0.05, 0) is 19.0 Å². The van der Waals surface area contributed by atoms with Crippen LogP contribution in [0.4, 0.5) is 14.5 Å². The zero-order valence-electron chi connectivity index (χ0n) is 12.0. The van der Waals surface area contributed by atoms with E-state index < -0.39 is 12.0 Å². The highest BCUT2D eigenvalue weighted by atomic mass is 19.3. The van der Waals surface area contributed by atoms with Crippen LogP contribution in [0.1, 0.15) is 16.8 Å². The van der Waals surface area contributed by atoms with E-state index in [0.717, 1.165) is 0 Å². The number of H-pyrrole nitrogens is 1. The van der Waals surface area contributed by atoms with E-state index in [4.69, 9.17) is 0 Å². The van der Waals surface area contributed by atoms with Crippen LogP contribution in [-0.2, 0) is 0 Å². The minimum atomic E-state index is -2.88. The number of carbonyl (C=O) groups excluding carboxylic acids is 1. The highest BCUT2D eigenvalue weighted by molar-refractivity contribution is 6.06. The first-order valence-corrected chi connectivity index (χ1v) is 7.06. The van der Waals surface area contributed by atoms with Crippen molar-refractivity contribution >= 4 is 22.6 Å². The van der Waals surface area contributed by atoms with Crippen LogP contribution in [0.2, 0.25) is 0 Å². The number of nitrogens with one attached hydrogen (secondary N) is 4. The molecule has 1 aliphatic rings. The summed E-state index contributed by atoms with van der Waals surface area (Å²) in [6.45, 7) is 0.130. The van der Waals surface area contributed by atoms with Crippen molar-refractivity contribution in [3.63, 3.8) is 0 Å². The van der Waals surface area contributed by atoms with Crippen LogP contribution in [0.3, 0.4) is 0 Å². The molecule has 2 aromatic rings. The van der Waals surface area contributed by atoms with E-state index in [1.165, 1.54) is 13.2 Å². The Labute approximate surface area is 125 Å². The van der Waals surface area contributed by atoms with Crippen molar-refractivity contribution in [3.05, 3.63) is 24.0 Å². The number of hydrogen-bond donors (Lipinski definition) is 4. The number of halogens is 2. The maximum atomic E-state index is 14.0. The average molecular weight is 309 g/mol. The molecule has 2 aromatic heterocycles. The van der Waals surface area contributed by atoms with Crippen LogP contribution < -0.4 is 16.0 Å². The molecule has 118 valence electrons. The maximum absolute atomic E-state index is 14.0. The van der Waals surface area contributed by atoms with Gasteiger partial charge in [-0.25, -0.2) is 13.8 Å². The summed E-state index contributed by atoms with van der Waals surface area (Å²) in [6, 6.07) is 0.689. The second-order valence-corrected chi connectivity index (χ2v) is 5.29. The third-order valence-electron chi connectivity index (χ3n) is 3.86. The molecule has 3 heterocycles. The van der Waals surface area contributed by atoms with Crippen LogP contribution in [0.5, 0.6) is 0 Å². The van der Waals surface area contributed by atoms with Crippen molar-refractivity contribution in [2.45, 2.75) is 18.4 Å². The van der Waals surface area contributed by atoms with Gasteiger partial charge in [0.2, 0.25) is 0 Å². The second kappa shape index (κ2) is 5.53. The number of alkyl halides is 2. The van der Waals surface area contributed by atoms with E-state index in [1.54, 1.807) is 12.3 Å². The van der Waals surface area contributed by atoms with Crippen molar-refractivity contribution in [1.82, 2.24) is 20.6 Å². The molecule has 8 heteroatoms. The Hall–Kier alpha value is -2.22. The third-order valence-corrected chi connectivity index (χ3v) is 3.86. The fraction of sp³-hybridized carbons (Fsp3) is 0.429. The molecule has 1 atom stereocenters. The number of piperidine rings is 1. The molecule has 22 heavy (non-hydrogen) atoms. The molecule has 1 saturated heterocycles. The summed E-state index contributed by atoms with van der Waals surface area (Å²) < 4.78 is 28.1. The van der Waals surface area contributed by atoms with Gasteiger partial charge in [0.25, 0.3) is 11.8 Å². The van der Waals surface area contributed by atoms with Gasteiger partial charge in [-0.2, -0.15) is 0 Å². The average Bonchev–Trinajstić information content (AvgIpc) is 2.97. The molecule has 0 spiro atoms. The Morgan fingerprint density at radius 1 is 1.50 bits per heavy atom. The SMILES string of the molecule is CNC(=O)c1cnc2[nH]ccc2c1NC1CCNCC1(F)F. The van der Waals surface area contributed by atoms with Gasteiger partial charge < -0.3 is 20.9 Å². The molecule has 6 nitrogen and oxygen atoms in total. The monoisotopic (exact) mass is 309 g/mol. The van der Waals surface area contributed by atoms with E-state index in [-0.39, 0.29) is 24.4 Å². The van der Waals surface area contributed by atoms with Gasteiger partial charge in [-0.15, -0.1) is 0 Å². The number of pyridine rings is 1. The lowest BCUT2D eigenvalue weighted by molar-refractivity contribution is -0.0321. The molecule has 0 aromatic carbocycles. The van der Waals surface area contributed by atoms with Crippen LogP contribution >= 0.6 is 0 Å². The standard InChI is InChI=1S/C14H17F2N5O/c1-17-13(22)9-6-20-12-8(2-5-19-12)11(9)21-10-3-4-18-7-14(10,15)16/h2,5-6,10,18H,3-4,7H2,1H3,(H,17,22)(H2,19,20,21). The van der Waals surface area contributed by atoms with Crippen molar-refractivity contribution in [1.29, 1.82) is 0 Å². The number of anilines is 1. The van der Waals surface area contributed by atoms with Crippen LogP contribution in [-0.4, -0.2) is 48.0 Å². The van der Waals surface area contributed by atoms with Gasteiger partial charge in [0.05, 0.1) is 23.8 Å². The van der Waals surface area contributed by atoms with Gasteiger partial charge >= 0.3 is 0 Å². The maximum Gasteiger partial charge on any atom is 0.279 e. The van der Waals surface area contributed by atoms with Crippen molar-refractivity contribution < 1.29 is 13.6 Å². The second-order valence-electron chi connectivity index (χ2n) is 5.29. The van der Waals surface area contributed by atoms with E-state index >= 15 is 0 Å². The third kappa shape index (κ3) is 2.50. The number of carbonyl (C=O) groups is 1. The molecule has 1 aliphatic heterocycles. The van der Waals surface area contributed by atoms with Gasteiger partial charge in [0.15, 0.2) is 0 Å². The van der Waals surface area contributed by atoms with E-state index in [0.29, 0.717) is 23.3 Å². The summed E-state index contributed by atoms with van der Waals surface area (Å²) in [7, 11) is 1.49. The van der Waals surface area contributed by atoms with Crippen molar-refractivity contribution in [2.24, 2.45) is 0 Å². The minimum Gasteiger partial charge on any atom is -0.375 e. The predicted octanol–water partition coefficient (Wildman–Crippen LogP) is 1.33. The quantitative estimate of drug-likeness (QED) is 0.689. The predicted molar refractivity (Wildman–Crippen MR) is 79.3 cm³/mol. The fourth-order valence-corrected chi connectivity index (χ4v) is 2.66. The summed E-state index contributed by atoms with van der Waals surface area (Å²) >= 11 is 0.